The molecule has 4 heteroatoms. The molecule has 2 atom stereocenters. The van der Waals surface area contributed by atoms with E-state index in [4.69, 9.17) is 9.97 Å². The van der Waals surface area contributed by atoms with Crippen molar-refractivity contribution in [2.45, 2.75) is 0 Å². The molecule has 0 aliphatic rings. The van der Waals surface area contributed by atoms with Crippen LogP contribution in [0.5, 0.6) is 0 Å². The molecule has 2 unspecified atom stereocenters. The summed E-state index contributed by atoms with van der Waals surface area (Å²) in [5.74, 6) is 0. The highest BCUT2D eigenvalue weighted by Crippen LogP contribution is 2.22. The van der Waals surface area contributed by atoms with Crippen LogP contribution in [0.15, 0.2) is 60.7 Å². The van der Waals surface area contributed by atoms with Crippen LogP contribution in [-0.4, -0.2) is 9.97 Å². The molecule has 0 spiro atoms. The molecule has 0 radical (unpaired) electrons. The van der Waals surface area contributed by atoms with Crippen LogP contribution in [0.1, 0.15) is 0 Å². The lowest BCUT2D eigenvalue weighted by Crippen LogP contribution is -2.17. The van der Waals surface area contributed by atoms with E-state index in [1.807, 2.05) is 42.5 Å². The van der Waals surface area contributed by atoms with E-state index in [0.717, 1.165) is 43.8 Å². The van der Waals surface area contributed by atoms with E-state index in [0.29, 0.717) is 0 Å². The van der Waals surface area contributed by atoms with Crippen molar-refractivity contribution in [3.8, 4) is 11.4 Å². The van der Waals surface area contributed by atoms with Crippen LogP contribution in [0.4, 0.5) is 0 Å². The van der Waals surface area contributed by atoms with Gasteiger partial charge in [0.1, 0.15) is 0 Å². The standard InChI is InChI=1S/C18H14N2P2/c21-17-12-6-2-4-8-14(12)20-16(18(17)22)15-10-9-11-5-1-3-7-13(11)19-15/h1-10H,21-22H2. The highest BCUT2D eigenvalue weighted by atomic mass is 31.0. The number of para-hydroxylation sites is 2. The quantitative estimate of drug-likeness (QED) is 0.502. The number of benzene rings is 2. The van der Waals surface area contributed by atoms with Crippen molar-refractivity contribution in [3.63, 3.8) is 0 Å². The van der Waals surface area contributed by atoms with E-state index in [1.165, 1.54) is 0 Å². The molecule has 2 aromatic carbocycles. The Morgan fingerprint density at radius 3 is 2.23 bits per heavy atom. The van der Waals surface area contributed by atoms with Crippen LogP contribution < -0.4 is 10.6 Å². The average Bonchev–Trinajstić information content (AvgIpc) is 2.58. The van der Waals surface area contributed by atoms with E-state index in [2.05, 4.69) is 36.7 Å². The fourth-order valence-corrected chi connectivity index (χ4v) is 3.39. The SMILES string of the molecule is Pc1c(-c2ccc3ccccc3n2)nc2ccccc2c1P. The van der Waals surface area contributed by atoms with Gasteiger partial charge in [-0.25, -0.2) is 9.97 Å². The zero-order valence-electron chi connectivity index (χ0n) is 11.8. The Hall–Kier alpha value is -1.88. The number of hydrogen-bond donors (Lipinski definition) is 0. The Morgan fingerprint density at radius 2 is 1.36 bits per heavy atom. The summed E-state index contributed by atoms with van der Waals surface area (Å²) in [7, 11) is 5.63. The molecule has 4 aromatic rings. The van der Waals surface area contributed by atoms with Gasteiger partial charge in [-0.2, -0.15) is 0 Å². The summed E-state index contributed by atoms with van der Waals surface area (Å²) in [6.07, 6.45) is 0. The number of aromatic nitrogens is 2. The zero-order valence-corrected chi connectivity index (χ0v) is 14.1. The molecule has 106 valence electrons. The van der Waals surface area contributed by atoms with Crippen molar-refractivity contribution < 1.29 is 0 Å². The van der Waals surface area contributed by atoms with Gasteiger partial charge in [0, 0.05) is 16.1 Å². The predicted molar refractivity (Wildman–Crippen MR) is 101 cm³/mol. The number of fused-ring (bicyclic) bond motifs is 2. The monoisotopic (exact) mass is 320 g/mol. The van der Waals surface area contributed by atoms with Gasteiger partial charge in [-0.05, 0) is 23.5 Å². The smallest absolute Gasteiger partial charge is 0.0971 e. The van der Waals surface area contributed by atoms with Gasteiger partial charge in [0.15, 0.2) is 0 Å². The number of nitrogens with zero attached hydrogens (tertiary/aromatic N) is 2. The maximum Gasteiger partial charge on any atom is 0.0971 e. The summed E-state index contributed by atoms with van der Waals surface area (Å²) in [4.78, 5) is 9.59. The molecule has 0 aliphatic carbocycles. The van der Waals surface area contributed by atoms with Crippen molar-refractivity contribution in [3.05, 3.63) is 60.7 Å². The molecule has 0 aliphatic heterocycles. The van der Waals surface area contributed by atoms with Crippen molar-refractivity contribution in [2.75, 3.05) is 0 Å². The highest BCUT2D eigenvalue weighted by Gasteiger charge is 2.12. The third kappa shape index (κ3) is 2.20. The van der Waals surface area contributed by atoms with E-state index in [-0.39, 0.29) is 0 Å². The maximum atomic E-state index is 4.82. The highest BCUT2D eigenvalue weighted by molar-refractivity contribution is 7.36. The topological polar surface area (TPSA) is 25.8 Å². The fourth-order valence-electron chi connectivity index (χ4n) is 2.65. The Balaban J connectivity index is 2.01. The van der Waals surface area contributed by atoms with Crippen LogP contribution in [0, 0.1) is 0 Å². The first-order valence-electron chi connectivity index (χ1n) is 7.04. The number of hydrogen-bond acceptors (Lipinski definition) is 2. The molecule has 0 bridgehead atoms. The first kappa shape index (κ1) is 13.8. The first-order chi connectivity index (χ1) is 10.7. The summed E-state index contributed by atoms with van der Waals surface area (Å²) < 4.78 is 0. The van der Waals surface area contributed by atoms with Crippen LogP contribution in [0.25, 0.3) is 33.2 Å². The Bertz CT molecular complexity index is 1010. The molecule has 2 aromatic heterocycles. The molecule has 0 fully saturated rings. The number of rotatable bonds is 1. The maximum absolute atomic E-state index is 4.82. The predicted octanol–water partition coefficient (Wildman–Crippen LogP) is 3.45. The van der Waals surface area contributed by atoms with Gasteiger partial charge in [0.2, 0.25) is 0 Å². The van der Waals surface area contributed by atoms with Gasteiger partial charge in [0.25, 0.3) is 0 Å². The van der Waals surface area contributed by atoms with Crippen molar-refractivity contribution in [1.29, 1.82) is 0 Å². The Kier molecular flexibility index (Phi) is 3.37. The van der Waals surface area contributed by atoms with Gasteiger partial charge in [0.05, 0.1) is 22.4 Å². The lowest BCUT2D eigenvalue weighted by atomic mass is 10.1. The third-order valence-corrected chi connectivity index (χ3v) is 5.35. The van der Waals surface area contributed by atoms with Gasteiger partial charge in [-0.15, -0.1) is 18.5 Å². The molecule has 0 N–H and O–H groups in total. The lowest BCUT2D eigenvalue weighted by Gasteiger charge is -2.11. The largest absolute Gasteiger partial charge is 0.246 e. The minimum absolute atomic E-state index is 0.901. The average molecular weight is 320 g/mol. The van der Waals surface area contributed by atoms with E-state index in [9.17, 15) is 0 Å². The second kappa shape index (κ2) is 5.39. The van der Waals surface area contributed by atoms with Crippen LogP contribution >= 0.6 is 18.5 Å². The summed E-state index contributed by atoms with van der Waals surface area (Å²) in [5.41, 5.74) is 3.80. The second-order valence-electron chi connectivity index (χ2n) is 5.19. The Morgan fingerprint density at radius 1 is 0.636 bits per heavy atom. The van der Waals surface area contributed by atoms with Crippen molar-refractivity contribution >= 4 is 50.9 Å². The lowest BCUT2D eigenvalue weighted by molar-refractivity contribution is 1.34. The van der Waals surface area contributed by atoms with Crippen molar-refractivity contribution in [2.24, 2.45) is 0 Å². The third-order valence-electron chi connectivity index (χ3n) is 3.81. The molecular weight excluding hydrogens is 306 g/mol. The minimum atomic E-state index is 0.901. The molecule has 2 nitrogen and oxygen atoms in total. The second-order valence-corrected chi connectivity index (χ2v) is 6.35. The molecule has 22 heavy (non-hydrogen) atoms. The molecule has 0 saturated carbocycles. The van der Waals surface area contributed by atoms with Gasteiger partial charge < -0.3 is 0 Å². The van der Waals surface area contributed by atoms with E-state index in [1.54, 1.807) is 0 Å². The summed E-state index contributed by atoms with van der Waals surface area (Å²) >= 11 is 0. The zero-order chi connectivity index (χ0) is 15.1. The molecule has 4 rings (SSSR count). The van der Waals surface area contributed by atoms with Crippen LogP contribution in [-0.2, 0) is 0 Å². The normalized spacial score (nSPS) is 11.2. The first-order valence-corrected chi connectivity index (χ1v) is 8.19. The van der Waals surface area contributed by atoms with Gasteiger partial charge >= 0.3 is 0 Å². The summed E-state index contributed by atoms with van der Waals surface area (Å²) in [5, 5.41) is 4.53. The summed E-state index contributed by atoms with van der Waals surface area (Å²) in [6.45, 7) is 0. The van der Waals surface area contributed by atoms with E-state index < -0.39 is 0 Å². The van der Waals surface area contributed by atoms with E-state index >= 15 is 0 Å². The minimum Gasteiger partial charge on any atom is -0.246 e. The number of pyridine rings is 2. The molecule has 2 heterocycles. The van der Waals surface area contributed by atoms with Gasteiger partial charge in [-0.3, -0.25) is 0 Å². The van der Waals surface area contributed by atoms with Gasteiger partial charge in [-0.1, -0.05) is 42.5 Å². The Labute approximate surface area is 133 Å². The fraction of sp³-hybridized carbons (Fsp3) is 0. The van der Waals surface area contributed by atoms with Crippen molar-refractivity contribution in [1.82, 2.24) is 9.97 Å². The van der Waals surface area contributed by atoms with Crippen LogP contribution in [0.3, 0.4) is 0 Å². The molecule has 0 amide bonds. The molecular formula is C18H14N2P2. The molecule has 0 saturated heterocycles. The van der Waals surface area contributed by atoms with Crippen LogP contribution in [0.2, 0.25) is 0 Å². The summed E-state index contributed by atoms with van der Waals surface area (Å²) in [6, 6.07) is 20.5.